The lowest BCUT2D eigenvalue weighted by molar-refractivity contribution is -0.384. The summed E-state index contributed by atoms with van der Waals surface area (Å²) in [6.07, 6.45) is 2.41. The normalized spacial score (nSPS) is 13.7. The molecule has 10 nitrogen and oxygen atoms in total. The van der Waals surface area contributed by atoms with Crippen molar-refractivity contribution < 1.29 is 17.9 Å². The first-order valence-corrected chi connectivity index (χ1v) is 16.2. The minimum atomic E-state index is -4.38. The van der Waals surface area contributed by atoms with Crippen LogP contribution in [0.2, 0.25) is 0 Å². The number of hydrogen-bond acceptors (Lipinski definition) is 7. The molecule has 0 spiro atoms. The Kier molecular flexibility index (Phi) is 7.44. The van der Waals surface area contributed by atoms with Crippen LogP contribution in [0.4, 0.5) is 5.69 Å². The van der Waals surface area contributed by atoms with Gasteiger partial charge >= 0.3 is 0 Å². The van der Waals surface area contributed by atoms with E-state index >= 15 is 0 Å². The third kappa shape index (κ3) is 5.23. The maximum Gasteiger partial charge on any atom is 0.284 e. The summed E-state index contributed by atoms with van der Waals surface area (Å²) in [7, 11) is -7.96. The molecular formula is C29H30N5O5PS. The minimum Gasteiger partial charge on any atom is -0.451 e. The summed E-state index contributed by atoms with van der Waals surface area (Å²) in [5.41, 5.74) is 1.66. The van der Waals surface area contributed by atoms with Crippen LogP contribution in [0.1, 0.15) is 34.1 Å². The zero-order valence-electron chi connectivity index (χ0n) is 23.1. The van der Waals surface area contributed by atoms with E-state index < -0.39 is 27.4 Å². The monoisotopic (exact) mass is 591 g/mol. The Labute approximate surface area is 238 Å². The summed E-state index contributed by atoms with van der Waals surface area (Å²) in [6, 6.07) is 21.5. The fourth-order valence-electron chi connectivity index (χ4n) is 4.66. The lowest BCUT2D eigenvalue weighted by Gasteiger charge is -2.36. The number of nitro groups is 1. The SMILES string of the molecule is CCCn1nc2ccccc2c1P(=NS(=O)(=O)c1ccc([N+](=O)[O-])cc1)(Oc1cccc2cccnc12)C(C)(C)C. The van der Waals surface area contributed by atoms with Gasteiger partial charge in [-0.2, -0.15) is 13.5 Å². The first-order valence-electron chi connectivity index (χ1n) is 13.1. The van der Waals surface area contributed by atoms with Gasteiger partial charge in [-0.3, -0.25) is 19.8 Å². The van der Waals surface area contributed by atoms with Crippen molar-refractivity contribution in [2.75, 3.05) is 0 Å². The van der Waals surface area contributed by atoms with E-state index in [1.54, 1.807) is 12.3 Å². The van der Waals surface area contributed by atoms with Crippen molar-refractivity contribution in [2.45, 2.75) is 50.7 Å². The van der Waals surface area contributed by atoms with E-state index in [9.17, 15) is 18.5 Å². The predicted molar refractivity (Wildman–Crippen MR) is 161 cm³/mol. The van der Waals surface area contributed by atoms with Gasteiger partial charge in [0.25, 0.3) is 15.7 Å². The van der Waals surface area contributed by atoms with Crippen molar-refractivity contribution in [2.24, 2.45) is 4.15 Å². The van der Waals surface area contributed by atoms with Crippen LogP contribution in [0.25, 0.3) is 21.8 Å². The maximum absolute atomic E-state index is 14.1. The molecule has 0 aliphatic rings. The zero-order valence-corrected chi connectivity index (χ0v) is 24.8. The number of rotatable bonds is 8. The second kappa shape index (κ2) is 10.7. The number of benzene rings is 3. The molecule has 0 aliphatic carbocycles. The minimum absolute atomic E-state index is 0.165. The van der Waals surface area contributed by atoms with Gasteiger partial charge in [-0.05, 0) is 36.8 Å². The van der Waals surface area contributed by atoms with Crippen LogP contribution >= 0.6 is 7.28 Å². The number of non-ortho nitro benzene ring substituents is 1. The van der Waals surface area contributed by atoms with Crippen molar-refractivity contribution in [3.05, 3.63) is 95.2 Å². The first kappa shape index (κ1) is 28.4. The van der Waals surface area contributed by atoms with Crippen LogP contribution in [0.3, 0.4) is 0 Å². The number of nitrogens with zero attached hydrogens (tertiary/aromatic N) is 5. The van der Waals surface area contributed by atoms with Crippen LogP contribution in [0, 0.1) is 10.1 Å². The highest BCUT2D eigenvalue weighted by Gasteiger charge is 2.45. The molecule has 212 valence electrons. The molecule has 2 heterocycles. The Bertz CT molecular complexity index is 1920. The lowest BCUT2D eigenvalue weighted by Crippen LogP contribution is -2.33. The number of pyridine rings is 1. The fourth-order valence-corrected chi connectivity index (χ4v) is 10.6. The highest BCUT2D eigenvalue weighted by Crippen LogP contribution is 2.62. The number of aromatic nitrogens is 3. The van der Waals surface area contributed by atoms with E-state index in [-0.39, 0.29) is 10.6 Å². The summed E-state index contributed by atoms with van der Waals surface area (Å²) in [4.78, 5) is 15.0. The molecular weight excluding hydrogens is 561 g/mol. The smallest absolute Gasteiger partial charge is 0.284 e. The summed E-state index contributed by atoms with van der Waals surface area (Å²) >= 11 is 0. The Balaban J connectivity index is 1.90. The predicted octanol–water partition coefficient (Wildman–Crippen LogP) is 6.91. The standard InChI is InChI=1S/C29H30N5O5PS/c1-5-20-33-28(24-12-6-7-13-25(24)31-33)40(29(2,3)4,39-26-14-8-10-21-11-9-19-30-27(21)26)32-41(37,38)23-17-15-22(16-18-23)34(35)36/h6-19H,5,20H2,1-4H3. The van der Waals surface area contributed by atoms with Crippen LogP contribution < -0.4 is 9.96 Å². The number of hydrogen-bond donors (Lipinski definition) is 0. The van der Waals surface area contributed by atoms with Gasteiger partial charge in [0.2, 0.25) is 7.28 Å². The summed E-state index contributed by atoms with van der Waals surface area (Å²) in [6.45, 7) is 8.27. The Morgan fingerprint density at radius 1 is 1.00 bits per heavy atom. The third-order valence-corrected chi connectivity index (χ3v) is 12.6. The largest absolute Gasteiger partial charge is 0.451 e. The topological polar surface area (TPSA) is 130 Å². The van der Waals surface area contributed by atoms with Gasteiger partial charge < -0.3 is 4.52 Å². The van der Waals surface area contributed by atoms with E-state index in [0.717, 1.165) is 29.3 Å². The number of fused-ring (bicyclic) bond motifs is 2. The number of nitro benzene ring substituents is 1. The molecule has 0 radical (unpaired) electrons. The highest BCUT2D eigenvalue weighted by atomic mass is 32.2. The molecule has 0 N–H and O–H groups in total. The van der Waals surface area contributed by atoms with Crippen LogP contribution in [0.15, 0.2) is 94.1 Å². The highest BCUT2D eigenvalue weighted by molar-refractivity contribution is 7.95. The zero-order chi connectivity index (χ0) is 29.4. The maximum atomic E-state index is 14.1. The number of aryl methyl sites for hydroxylation is 1. The lowest BCUT2D eigenvalue weighted by atomic mass is 10.2. The molecule has 0 saturated heterocycles. The first-order chi connectivity index (χ1) is 19.5. The van der Waals surface area contributed by atoms with Crippen molar-refractivity contribution >= 4 is 50.2 Å². The molecule has 3 aromatic carbocycles. The summed E-state index contributed by atoms with van der Waals surface area (Å²) < 4.78 is 41.7. The molecule has 0 saturated carbocycles. The second-order valence-corrected chi connectivity index (χ2v) is 15.7. The van der Waals surface area contributed by atoms with Crippen LogP contribution in [0.5, 0.6) is 5.75 Å². The van der Waals surface area contributed by atoms with Gasteiger partial charge in [0.15, 0.2) is 5.75 Å². The quantitative estimate of drug-likeness (QED) is 0.109. The van der Waals surface area contributed by atoms with Crippen LogP contribution in [-0.4, -0.2) is 33.3 Å². The van der Waals surface area contributed by atoms with E-state index in [1.165, 1.54) is 12.1 Å². The van der Waals surface area contributed by atoms with E-state index in [0.29, 0.717) is 28.8 Å². The van der Waals surface area contributed by atoms with Crippen LogP contribution in [-0.2, 0) is 16.6 Å². The van der Waals surface area contributed by atoms with Crippen molar-refractivity contribution in [1.29, 1.82) is 0 Å². The molecule has 1 unspecified atom stereocenters. The van der Waals surface area contributed by atoms with Gasteiger partial charge in [0.05, 0.1) is 15.3 Å². The van der Waals surface area contributed by atoms with E-state index in [1.807, 2.05) is 80.9 Å². The van der Waals surface area contributed by atoms with Gasteiger partial charge in [-0.15, -0.1) is 4.15 Å². The van der Waals surface area contributed by atoms with Gasteiger partial charge in [-0.1, -0.05) is 64.1 Å². The Morgan fingerprint density at radius 2 is 1.71 bits per heavy atom. The third-order valence-electron chi connectivity index (χ3n) is 6.64. The van der Waals surface area contributed by atoms with Crippen molar-refractivity contribution in [3.8, 4) is 5.75 Å². The van der Waals surface area contributed by atoms with Gasteiger partial charge in [-0.25, -0.2) is 0 Å². The molecule has 5 aromatic rings. The molecule has 12 heteroatoms. The number of sulfonamides is 1. The summed E-state index contributed by atoms with van der Waals surface area (Å²) in [5.74, 6) is 0.405. The van der Waals surface area contributed by atoms with Gasteiger partial charge in [0, 0.05) is 40.8 Å². The van der Waals surface area contributed by atoms with Gasteiger partial charge in [0.1, 0.15) is 11.0 Å². The molecule has 0 aliphatic heterocycles. The summed E-state index contributed by atoms with van der Waals surface area (Å²) in [5, 5.41) is 16.8. The molecule has 0 amide bonds. The second-order valence-electron chi connectivity index (χ2n) is 10.5. The molecule has 0 bridgehead atoms. The Morgan fingerprint density at radius 3 is 2.39 bits per heavy atom. The average molecular weight is 592 g/mol. The molecule has 0 fully saturated rings. The molecule has 2 aromatic heterocycles. The molecule has 5 rings (SSSR count). The van der Waals surface area contributed by atoms with Crippen molar-refractivity contribution in [3.63, 3.8) is 0 Å². The van der Waals surface area contributed by atoms with Crippen molar-refractivity contribution in [1.82, 2.24) is 14.8 Å². The molecule has 1 atom stereocenters. The van der Waals surface area contributed by atoms with E-state index in [4.69, 9.17) is 13.8 Å². The molecule has 41 heavy (non-hydrogen) atoms. The van der Waals surface area contributed by atoms with E-state index in [2.05, 4.69) is 4.98 Å². The average Bonchev–Trinajstić information content (AvgIpc) is 3.30. The fraction of sp³-hybridized carbons (Fsp3) is 0.241. The number of para-hydroxylation sites is 1. The Hall–Kier alpha value is -4.08.